The van der Waals surface area contributed by atoms with Crippen LogP contribution in [0.4, 0.5) is 0 Å². The Hall–Kier alpha value is -3.43. The molecule has 2 aromatic carbocycles. The van der Waals surface area contributed by atoms with Crippen molar-refractivity contribution in [2.45, 2.75) is 44.8 Å². The van der Waals surface area contributed by atoms with Crippen molar-refractivity contribution < 1.29 is 24.2 Å². The van der Waals surface area contributed by atoms with E-state index < -0.39 is 18.1 Å². The molecule has 0 aliphatic carbocycles. The SMILES string of the molecule is CCOC(=O)CNC(=O)[C@@H](Cc1ccccc1)N1CCN(C(=O)[C@H](N)Cc2ccc(O)cc2)[C@H](C)C1. The quantitative estimate of drug-likeness (QED) is 0.421. The monoisotopic (exact) mass is 496 g/mol. The standard InChI is InChI=1S/C27H36N4O5/c1-3-36-25(33)17-29-26(34)24(16-20-7-5-4-6-8-20)30-13-14-31(19(2)18-30)27(35)23(28)15-21-9-11-22(32)12-10-21/h4-12,19,23-24,32H,3,13-18,28H2,1-2H3,(H,29,34)/t19-,23-,24-/m1/s1. The Morgan fingerprint density at radius 3 is 2.36 bits per heavy atom. The van der Waals surface area contributed by atoms with E-state index in [1.807, 2.05) is 37.3 Å². The Morgan fingerprint density at radius 1 is 1.06 bits per heavy atom. The number of nitrogens with two attached hydrogens (primary N) is 1. The summed E-state index contributed by atoms with van der Waals surface area (Å²) in [5, 5.41) is 12.2. The molecule has 36 heavy (non-hydrogen) atoms. The zero-order valence-corrected chi connectivity index (χ0v) is 20.9. The average Bonchev–Trinajstić information content (AvgIpc) is 2.87. The number of nitrogens with one attached hydrogen (secondary N) is 1. The molecule has 0 bridgehead atoms. The van der Waals surface area contributed by atoms with Crippen molar-refractivity contribution >= 4 is 17.8 Å². The number of carbonyl (C=O) groups excluding carboxylic acids is 3. The van der Waals surface area contributed by atoms with Crippen molar-refractivity contribution in [1.82, 2.24) is 15.1 Å². The maximum absolute atomic E-state index is 13.1. The molecule has 1 aliphatic heterocycles. The molecular weight excluding hydrogens is 460 g/mol. The van der Waals surface area contributed by atoms with Gasteiger partial charge in [-0.25, -0.2) is 0 Å². The highest BCUT2D eigenvalue weighted by Crippen LogP contribution is 2.18. The molecule has 1 heterocycles. The third-order valence-electron chi connectivity index (χ3n) is 6.38. The number of piperazine rings is 1. The van der Waals surface area contributed by atoms with Gasteiger partial charge in [0.15, 0.2) is 0 Å². The molecule has 1 saturated heterocycles. The number of benzene rings is 2. The number of phenolic OH excluding ortho intramolecular Hbond substituents is 1. The van der Waals surface area contributed by atoms with E-state index in [0.717, 1.165) is 11.1 Å². The summed E-state index contributed by atoms with van der Waals surface area (Å²) in [5.74, 6) is -0.694. The van der Waals surface area contributed by atoms with Gasteiger partial charge in [0.05, 0.1) is 18.7 Å². The number of phenols is 1. The van der Waals surface area contributed by atoms with Gasteiger partial charge in [0.25, 0.3) is 0 Å². The lowest BCUT2D eigenvalue weighted by molar-refractivity contribution is -0.144. The summed E-state index contributed by atoms with van der Waals surface area (Å²) < 4.78 is 4.93. The second-order valence-electron chi connectivity index (χ2n) is 9.08. The first-order valence-corrected chi connectivity index (χ1v) is 12.3. The van der Waals surface area contributed by atoms with Crippen LogP contribution in [0.1, 0.15) is 25.0 Å². The van der Waals surface area contributed by atoms with E-state index in [2.05, 4.69) is 10.2 Å². The van der Waals surface area contributed by atoms with Gasteiger partial charge in [-0.1, -0.05) is 42.5 Å². The largest absolute Gasteiger partial charge is 0.508 e. The number of hydrogen-bond donors (Lipinski definition) is 3. The predicted molar refractivity (Wildman–Crippen MR) is 136 cm³/mol. The van der Waals surface area contributed by atoms with Crippen LogP contribution in [-0.4, -0.2) is 83.6 Å². The summed E-state index contributed by atoms with van der Waals surface area (Å²) >= 11 is 0. The van der Waals surface area contributed by atoms with Crippen LogP contribution in [0.15, 0.2) is 54.6 Å². The molecule has 3 rings (SSSR count). The van der Waals surface area contributed by atoms with Gasteiger partial charge in [-0.2, -0.15) is 0 Å². The number of nitrogens with zero attached hydrogens (tertiary/aromatic N) is 2. The smallest absolute Gasteiger partial charge is 0.325 e. The second-order valence-corrected chi connectivity index (χ2v) is 9.08. The van der Waals surface area contributed by atoms with Crippen LogP contribution in [0.3, 0.4) is 0 Å². The van der Waals surface area contributed by atoms with Crippen molar-refractivity contribution in [3.05, 3.63) is 65.7 Å². The van der Waals surface area contributed by atoms with E-state index in [9.17, 15) is 19.5 Å². The van der Waals surface area contributed by atoms with Crippen LogP contribution in [0.2, 0.25) is 0 Å². The van der Waals surface area contributed by atoms with E-state index in [1.165, 1.54) is 0 Å². The molecule has 2 aromatic rings. The molecule has 0 aromatic heterocycles. The van der Waals surface area contributed by atoms with Crippen LogP contribution >= 0.6 is 0 Å². The van der Waals surface area contributed by atoms with Crippen molar-refractivity contribution in [2.75, 3.05) is 32.8 Å². The third kappa shape index (κ3) is 7.53. The highest BCUT2D eigenvalue weighted by atomic mass is 16.5. The van der Waals surface area contributed by atoms with Crippen molar-refractivity contribution in [3.8, 4) is 5.75 Å². The first-order chi connectivity index (χ1) is 17.3. The topological polar surface area (TPSA) is 125 Å². The highest BCUT2D eigenvalue weighted by Gasteiger charge is 2.35. The van der Waals surface area contributed by atoms with Gasteiger partial charge in [0.2, 0.25) is 11.8 Å². The number of esters is 1. The van der Waals surface area contributed by atoms with Crippen LogP contribution in [0.5, 0.6) is 5.75 Å². The van der Waals surface area contributed by atoms with Crippen LogP contribution in [0, 0.1) is 0 Å². The first-order valence-electron chi connectivity index (χ1n) is 12.3. The molecule has 2 amide bonds. The van der Waals surface area contributed by atoms with E-state index >= 15 is 0 Å². The Kier molecular flexibility index (Phi) is 9.84. The molecule has 194 valence electrons. The molecule has 0 unspecified atom stereocenters. The summed E-state index contributed by atoms with van der Waals surface area (Å²) in [7, 11) is 0. The number of amides is 2. The molecule has 1 aliphatic rings. The number of rotatable bonds is 10. The minimum absolute atomic E-state index is 0.137. The molecule has 1 fully saturated rings. The Labute approximate surface area is 212 Å². The van der Waals surface area contributed by atoms with Crippen LogP contribution in [0.25, 0.3) is 0 Å². The maximum atomic E-state index is 13.1. The van der Waals surface area contributed by atoms with Crippen molar-refractivity contribution in [2.24, 2.45) is 5.73 Å². The molecule has 3 atom stereocenters. The molecule has 0 saturated carbocycles. The summed E-state index contributed by atoms with van der Waals surface area (Å²) in [6, 6.07) is 15.1. The van der Waals surface area contributed by atoms with Gasteiger partial charge in [0, 0.05) is 25.7 Å². The van der Waals surface area contributed by atoms with E-state index in [1.54, 1.807) is 36.1 Å². The maximum Gasteiger partial charge on any atom is 0.325 e. The highest BCUT2D eigenvalue weighted by molar-refractivity contribution is 5.86. The van der Waals surface area contributed by atoms with Gasteiger partial charge in [0.1, 0.15) is 12.3 Å². The van der Waals surface area contributed by atoms with Gasteiger partial charge in [-0.15, -0.1) is 0 Å². The average molecular weight is 497 g/mol. The lowest BCUT2D eigenvalue weighted by Crippen LogP contribution is -2.62. The number of carbonyl (C=O) groups is 3. The summed E-state index contributed by atoms with van der Waals surface area (Å²) in [6.45, 7) is 5.20. The fourth-order valence-electron chi connectivity index (χ4n) is 4.50. The zero-order chi connectivity index (χ0) is 26.1. The lowest BCUT2D eigenvalue weighted by atomic mass is 10.0. The van der Waals surface area contributed by atoms with Gasteiger partial charge in [-0.3, -0.25) is 19.3 Å². The molecule has 9 heteroatoms. The summed E-state index contributed by atoms with van der Waals surface area (Å²) in [4.78, 5) is 41.9. The summed E-state index contributed by atoms with van der Waals surface area (Å²) in [6.07, 6.45) is 0.857. The molecule has 0 spiro atoms. The van der Waals surface area contributed by atoms with E-state index in [-0.39, 0.29) is 36.8 Å². The van der Waals surface area contributed by atoms with Gasteiger partial charge in [-0.05, 0) is 49.9 Å². The lowest BCUT2D eigenvalue weighted by Gasteiger charge is -2.43. The fraction of sp³-hybridized carbons (Fsp3) is 0.444. The van der Waals surface area contributed by atoms with Crippen molar-refractivity contribution in [1.29, 1.82) is 0 Å². The normalized spacial score (nSPS) is 17.8. The Balaban J connectivity index is 1.65. The van der Waals surface area contributed by atoms with Gasteiger partial charge < -0.3 is 25.8 Å². The van der Waals surface area contributed by atoms with E-state index in [0.29, 0.717) is 32.5 Å². The first kappa shape index (κ1) is 27.2. The minimum Gasteiger partial charge on any atom is -0.508 e. The molecule has 0 radical (unpaired) electrons. The third-order valence-corrected chi connectivity index (χ3v) is 6.38. The molecule has 9 nitrogen and oxygen atoms in total. The number of ether oxygens (including phenoxy) is 1. The second kappa shape index (κ2) is 13.0. The van der Waals surface area contributed by atoms with Crippen LogP contribution < -0.4 is 11.1 Å². The number of aromatic hydroxyl groups is 1. The minimum atomic E-state index is -0.698. The summed E-state index contributed by atoms with van der Waals surface area (Å²) in [5.41, 5.74) is 8.13. The molecular formula is C27H36N4O5. The predicted octanol–water partition coefficient (Wildman–Crippen LogP) is 1.09. The van der Waals surface area contributed by atoms with E-state index in [4.69, 9.17) is 10.5 Å². The fourth-order valence-corrected chi connectivity index (χ4v) is 4.50. The zero-order valence-electron chi connectivity index (χ0n) is 20.9. The van der Waals surface area contributed by atoms with Crippen molar-refractivity contribution in [3.63, 3.8) is 0 Å². The van der Waals surface area contributed by atoms with Crippen LogP contribution in [-0.2, 0) is 32.0 Å². The Morgan fingerprint density at radius 2 is 1.72 bits per heavy atom. The number of hydrogen-bond acceptors (Lipinski definition) is 7. The Bertz CT molecular complexity index is 1010. The molecule has 4 N–H and O–H groups in total. The van der Waals surface area contributed by atoms with Gasteiger partial charge >= 0.3 is 5.97 Å².